The Morgan fingerprint density at radius 1 is 1.03 bits per heavy atom. The largest absolute Gasteiger partial charge is 0.484 e. The van der Waals surface area contributed by atoms with E-state index < -0.39 is 42.5 Å². The van der Waals surface area contributed by atoms with E-state index >= 15 is 0 Å². The van der Waals surface area contributed by atoms with Crippen molar-refractivity contribution < 1.29 is 33.8 Å². The predicted molar refractivity (Wildman–Crippen MR) is 105 cm³/mol. The molecule has 1 heterocycles. The number of aliphatic carboxylic acids is 2. The molecule has 0 aliphatic heterocycles. The summed E-state index contributed by atoms with van der Waals surface area (Å²) in [5.41, 5.74) is 0.177. The molecule has 0 fully saturated rings. The number of carbonyl (C=O) groups excluding carboxylic acids is 1. The minimum absolute atomic E-state index is 0.321. The smallest absolute Gasteiger partial charge is 0.344 e. The molecule has 0 aliphatic carbocycles. The van der Waals surface area contributed by atoms with Crippen LogP contribution in [0.5, 0.6) is 5.75 Å². The average molecular weight is 411 g/mol. The molecule has 0 spiro atoms. The van der Waals surface area contributed by atoms with E-state index in [0.29, 0.717) is 22.5 Å². The van der Waals surface area contributed by atoms with Gasteiger partial charge in [-0.3, -0.25) is 9.59 Å². The fourth-order valence-electron chi connectivity index (χ4n) is 2.75. The van der Waals surface area contributed by atoms with Gasteiger partial charge in [0.15, 0.2) is 6.61 Å². The minimum Gasteiger partial charge on any atom is -0.484 e. The lowest BCUT2D eigenvalue weighted by Crippen LogP contribution is -2.44. The number of fused-ring (bicyclic) bond motifs is 1. The first-order valence-electron chi connectivity index (χ1n) is 8.83. The maximum atomic E-state index is 12.1. The van der Waals surface area contributed by atoms with E-state index in [2.05, 4.69) is 5.32 Å². The third kappa shape index (κ3) is 5.02. The Balaban J connectivity index is 1.65. The van der Waals surface area contributed by atoms with Crippen molar-refractivity contribution >= 4 is 28.6 Å². The van der Waals surface area contributed by atoms with E-state index in [1.165, 1.54) is 0 Å². The van der Waals surface area contributed by atoms with Gasteiger partial charge in [-0.25, -0.2) is 9.59 Å². The molecule has 9 nitrogen and oxygen atoms in total. The lowest BCUT2D eigenvalue weighted by molar-refractivity contribution is -0.147. The highest BCUT2D eigenvalue weighted by Crippen LogP contribution is 2.24. The molecule has 0 radical (unpaired) electrons. The zero-order chi connectivity index (χ0) is 21.7. The Labute approximate surface area is 169 Å². The summed E-state index contributed by atoms with van der Waals surface area (Å²) < 4.78 is 10.6. The number of hydrogen-bond acceptors (Lipinski definition) is 6. The summed E-state index contributed by atoms with van der Waals surface area (Å²) in [6.45, 7) is -0.492. The molecule has 0 aliphatic rings. The van der Waals surface area contributed by atoms with E-state index in [0.717, 1.165) is 5.39 Å². The zero-order valence-corrected chi connectivity index (χ0v) is 15.5. The minimum atomic E-state index is -1.54. The molecule has 0 unspecified atom stereocenters. The normalized spacial score (nSPS) is 11.6. The van der Waals surface area contributed by atoms with Crippen molar-refractivity contribution in [1.29, 1.82) is 0 Å². The van der Waals surface area contributed by atoms with Crippen molar-refractivity contribution in [2.24, 2.45) is 0 Å². The van der Waals surface area contributed by atoms with Gasteiger partial charge in [0.2, 0.25) is 0 Å². The summed E-state index contributed by atoms with van der Waals surface area (Å²) in [6, 6.07) is 13.7. The van der Waals surface area contributed by atoms with E-state index in [4.69, 9.17) is 19.4 Å². The van der Waals surface area contributed by atoms with Gasteiger partial charge in [0.05, 0.1) is 11.8 Å². The monoisotopic (exact) mass is 411 g/mol. The number of ether oxygens (including phenoxy) is 1. The maximum absolute atomic E-state index is 12.1. The third-order valence-corrected chi connectivity index (χ3v) is 4.19. The second-order valence-corrected chi connectivity index (χ2v) is 6.35. The molecule has 0 bridgehead atoms. The molecule has 1 amide bonds. The first kappa shape index (κ1) is 20.6. The third-order valence-electron chi connectivity index (χ3n) is 4.19. The quantitative estimate of drug-likeness (QED) is 0.510. The lowest BCUT2D eigenvalue weighted by Gasteiger charge is -2.13. The van der Waals surface area contributed by atoms with Gasteiger partial charge in [-0.15, -0.1) is 0 Å². The topological polar surface area (TPSA) is 143 Å². The van der Waals surface area contributed by atoms with Gasteiger partial charge in [0, 0.05) is 5.56 Å². The number of hydrogen-bond donors (Lipinski definition) is 3. The molecule has 3 N–H and O–H groups in total. The Bertz CT molecular complexity index is 1150. The number of benzene rings is 2. The van der Waals surface area contributed by atoms with Crippen molar-refractivity contribution in [1.82, 2.24) is 5.32 Å². The summed E-state index contributed by atoms with van der Waals surface area (Å²) in [5, 5.41) is 20.9. The highest BCUT2D eigenvalue weighted by atomic mass is 16.5. The second-order valence-electron chi connectivity index (χ2n) is 6.35. The standard InChI is InChI=1S/C21H17NO8/c23-18(22-16(20(26)27)10-19(24)25)11-29-14-7-5-12(6-8-14)17-9-13-3-1-2-4-15(13)21(28)30-17/h1-9,16H,10-11H2,(H,22,23)(H,24,25)(H,26,27)/t16-/m0/s1. The molecule has 3 rings (SSSR count). The summed E-state index contributed by atoms with van der Waals surface area (Å²) in [4.78, 5) is 45.5. The van der Waals surface area contributed by atoms with Crippen LogP contribution in [0.1, 0.15) is 6.42 Å². The van der Waals surface area contributed by atoms with Crippen LogP contribution in [0.25, 0.3) is 22.1 Å². The molecule has 1 atom stereocenters. The van der Waals surface area contributed by atoms with Gasteiger partial charge < -0.3 is 24.7 Å². The highest BCUT2D eigenvalue weighted by Gasteiger charge is 2.23. The first-order valence-corrected chi connectivity index (χ1v) is 8.83. The van der Waals surface area contributed by atoms with Gasteiger partial charge in [-0.1, -0.05) is 18.2 Å². The number of carboxylic acids is 2. The molecular weight excluding hydrogens is 394 g/mol. The van der Waals surface area contributed by atoms with Crippen molar-refractivity contribution in [2.45, 2.75) is 12.5 Å². The molecule has 9 heteroatoms. The lowest BCUT2D eigenvalue weighted by atomic mass is 10.1. The van der Waals surface area contributed by atoms with Crippen LogP contribution in [0.3, 0.4) is 0 Å². The average Bonchev–Trinajstić information content (AvgIpc) is 2.72. The summed E-state index contributed by atoms with van der Waals surface area (Å²) in [7, 11) is 0. The number of carboxylic acid groups (broad SMARTS) is 2. The van der Waals surface area contributed by atoms with Crippen LogP contribution in [-0.2, 0) is 14.4 Å². The number of nitrogens with one attached hydrogen (secondary N) is 1. The van der Waals surface area contributed by atoms with Crippen LogP contribution in [0, 0.1) is 0 Å². The zero-order valence-electron chi connectivity index (χ0n) is 15.5. The van der Waals surface area contributed by atoms with Crippen molar-refractivity contribution in [3.05, 3.63) is 65.0 Å². The Hall–Kier alpha value is -4.14. The Kier molecular flexibility index (Phi) is 6.11. The van der Waals surface area contributed by atoms with Gasteiger partial charge in [0.25, 0.3) is 5.91 Å². The van der Waals surface area contributed by atoms with E-state index in [-0.39, 0.29) is 0 Å². The van der Waals surface area contributed by atoms with Crippen LogP contribution < -0.4 is 15.7 Å². The van der Waals surface area contributed by atoms with Gasteiger partial charge in [-0.05, 0) is 41.8 Å². The van der Waals surface area contributed by atoms with Gasteiger partial charge in [0.1, 0.15) is 17.6 Å². The molecule has 0 saturated carbocycles. The van der Waals surface area contributed by atoms with Crippen LogP contribution in [0.2, 0.25) is 0 Å². The van der Waals surface area contributed by atoms with Gasteiger partial charge >= 0.3 is 17.6 Å². The van der Waals surface area contributed by atoms with Crippen LogP contribution in [0.4, 0.5) is 0 Å². The second kappa shape index (κ2) is 8.91. The van der Waals surface area contributed by atoms with Crippen LogP contribution >= 0.6 is 0 Å². The summed E-state index contributed by atoms with van der Waals surface area (Å²) in [6.07, 6.45) is -0.743. The fraction of sp³-hybridized carbons (Fsp3) is 0.143. The molecule has 30 heavy (non-hydrogen) atoms. The molecule has 154 valence electrons. The summed E-state index contributed by atoms with van der Waals surface area (Å²) >= 11 is 0. The summed E-state index contributed by atoms with van der Waals surface area (Å²) in [5.74, 6) is -2.87. The van der Waals surface area contributed by atoms with Crippen LogP contribution in [0.15, 0.2) is 63.8 Å². The van der Waals surface area contributed by atoms with E-state index in [1.807, 2.05) is 6.07 Å². The highest BCUT2D eigenvalue weighted by molar-refractivity contribution is 5.87. The number of carbonyl (C=O) groups is 3. The fourth-order valence-corrected chi connectivity index (χ4v) is 2.75. The molecular formula is C21H17NO8. The van der Waals surface area contributed by atoms with E-state index in [1.54, 1.807) is 48.5 Å². The Morgan fingerprint density at radius 2 is 1.73 bits per heavy atom. The van der Waals surface area contributed by atoms with Gasteiger partial charge in [-0.2, -0.15) is 0 Å². The molecule has 3 aromatic rings. The number of amides is 1. The van der Waals surface area contributed by atoms with Crippen LogP contribution in [-0.4, -0.2) is 40.7 Å². The predicted octanol–water partition coefficient (Wildman–Crippen LogP) is 1.88. The molecule has 0 saturated heterocycles. The molecule has 1 aromatic heterocycles. The van der Waals surface area contributed by atoms with Crippen molar-refractivity contribution in [3.8, 4) is 17.1 Å². The Morgan fingerprint density at radius 3 is 2.40 bits per heavy atom. The first-order chi connectivity index (χ1) is 14.3. The number of rotatable bonds is 8. The van der Waals surface area contributed by atoms with Crippen molar-refractivity contribution in [3.63, 3.8) is 0 Å². The molecule has 2 aromatic carbocycles. The van der Waals surface area contributed by atoms with Crippen molar-refractivity contribution in [2.75, 3.05) is 6.61 Å². The maximum Gasteiger partial charge on any atom is 0.344 e. The SMILES string of the molecule is O=C(O)C[C@H](NC(=O)COc1ccc(-c2cc3ccccc3c(=O)o2)cc1)C(=O)O. The van der Waals surface area contributed by atoms with E-state index in [9.17, 15) is 19.2 Å².